The van der Waals surface area contributed by atoms with E-state index in [2.05, 4.69) is 22.9 Å². The summed E-state index contributed by atoms with van der Waals surface area (Å²) in [6, 6.07) is 7.47. The number of carbonyl (C=O) groups is 2. The number of nitrogens with one attached hydrogen (secondary N) is 3. The van der Waals surface area contributed by atoms with Crippen LogP contribution >= 0.6 is 12.4 Å². The number of hydrogen-bond acceptors (Lipinski definition) is 3. The van der Waals surface area contributed by atoms with Gasteiger partial charge in [0.05, 0.1) is 5.92 Å². The van der Waals surface area contributed by atoms with E-state index in [4.69, 9.17) is 0 Å². The first-order valence-electron chi connectivity index (χ1n) is 7.09. The minimum Gasteiger partial charge on any atom is -0.354 e. The smallest absolute Gasteiger partial charge is 0.228 e. The van der Waals surface area contributed by atoms with Gasteiger partial charge in [-0.05, 0) is 24.6 Å². The maximum atomic E-state index is 12.2. The molecule has 0 aromatic heterocycles. The van der Waals surface area contributed by atoms with Gasteiger partial charge in [-0.3, -0.25) is 9.59 Å². The van der Waals surface area contributed by atoms with E-state index < -0.39 is 0 Å². The predicted octanol–water partition coefficient (Wildman–Crippen LogP) is 1.65. The zero-order valence-electron chi connectivity index (χ0n) is 12.1. The van der Waals surface area contributed by atoms with Crippen LogP contribution in [0, 0.1) is 0 Å². The van der Waals surface area contributed by atoms with Crippen LogP contribution in [0.1, 0.15) is 31.2 Å². The van der Waals surface area contributed by atoms with Gasteiger partial charge in [-0.2, -0.15) is 0 Å². The molecule has 0 fully saturated rings. The first-order valence-corrected chi connectivity index (χ1v) is 7.09. The summed E-state index contributed by atoms with van der Waals surface area (Å²) in [7, 11) is 0. The lowest BCUT2D eigenvalue weighted by atomic mass is 9.90. The average molecular weight is 312 g/mol. The summed E-state index contributed by atoms with van der Waals surface area (Å²) >= 11 is 0. The summed E-state index contributed by atoms with van der Waals surface area (Å²) in [4.78, 5) is 23.9. The Morgan fingerprint density at radius 2 is 2.05 bits per heavy atom. The Morgan fingerprint density at radius 1 is 1.29 bits per heavy atom. The van der Waals surface area contributed by atoms with Crippen molar-refractivity contribution in [2.24, 2.45) is 0 Å². The summed E-state index contributed by atoms with van der Waals surface area (Å²) < 4.78 is 0. The summed E-state index contributed by atoms with van der Waals surface area (Å²) in [5, 5.41) is 8.92. The molecular weight excluding hydrogens is 290 g/mol. The largest absolute Gasteiger partial charge is 0.354 e. The van der Waals surface area contributed by atoms with Crippen molar-refractivity contribution >= 4 is 29.9 Å². The molecule has 21 heavy (non-hydrogen) atoms. The van der Waals surface area contributed by atoms with Gasteiger partial charge in [0.2, 0.25) is 11.8 Å². The van der Waals surface area contributed by atoms with Crippen molar-refractivity contribution in [3.63, 3.8) is 0 Å². The third-order valence-electron chi connectivity index (χ3n) is 3.34. The van der Waals surface area contributed by atoms with E-state index in [-0.39, 0.29) is 36.6 Å². The van der Waals surface area contributed by atoms with Crippen LogP contribution in [-0.4, -0.2) is 31.4 Å². The number of carbonyl (C=O) groups excluding carboxylic acids is 2. The Labute approximate surface area is 131 Å². The minimum atomic E-state index is -0.383. The fourth-order valence-electron chi connectivity index (χ4n) is 2.34. The fourth-order valence-corrected chi connectivity index (χ4v) is 2.34. The average Bonchev–Trinajstić information content (AvgIpc) is 2.46. The highest BCUT2D eigenvalue weighted by Gasteiger charge is 2.29. The Bertz CT molecular complexity index is 494. The van der Waals surface area contributed by atoms with E-state index in [0.717, 1.165) is 30.8 Å². The number of anilines is 1. The molecule has 3 N–H and O–H groups in total. The highest BCUT2D eigenvalue weighted by Crippen LogP contribution is 2.31. The molecule has 2 rings (SSSR count). The van der Waals surface area contributed by atoms with Crippen molar-refractivity contribution in [3.05, 3.63) is 29.8 Å². The van der Waals surface area contributed by atoms with Crippen molar-refractivity contribution in [2.75, 3.05) is 25.0 Å². The molecule has 0 radical (unpaired) electrons. The Morgan fingerprint density at radius 3 is 2.81 bits per heavy atom. The first-order chi connectivity index (χ1) is 9.72. The number of benzene rings is 1. The molecule has 0 saturated heterocycles. The summed E-state index contributed by atoms with van der Waals surface area (Å²) in [5.41, 5.74) is 1.64. The second kappa shape index (κ2) is 8.64. The van der Waals surface area contributed by atoms with Gasteiger partial charge in [-0.25, -0.2) is 0 Å². The van der Waals surface area contributed by atoms with Crippen LogP contribution in [0.25, 0.3) is 0 Å². The number of rotatable bonds is 6. The third kappa shape index (κ3) is 4.72. The molecule has 1 heterocycles. The quantitative estimate of drug-likeness (QED) is 0.700. The van der Waals surface area contributed by atoms with Crippen LogP contribution in [0.2, 0.25) is 0 Å². The molecule has 1 unspecified atom stereocenters. The minimum absolute atomic E-state index is 0. The van der Waals surface area contributed by atoms with Crippen molar-refractivity contribution in [1.82, 2.24) is 10.6 Å². The maximum Gasteiger partial charge on any atom is 0.228 e. The molecule has 2 amide bonds. The topological polar surface area (TPSA) is 70.2 Å². The molecule has 6 heteroatoms. The van der Waals surface area contributed by atoms with Gasteiger partial charge in [-0.1, -0.05) is 25.1 Å². The predicted molar refractivity (Wildman–Crippen MR) is 85.8 cm³/mol. The highest BCUT2D eigenvalue weighted by atomic mass is 35.5. The third-order valence-corrected chi connectivity index (χ3v) is 3.34. The molecule has 1 aromatic rings. The van der Waals surface area contributed by atoms with Gasteiger partial charge in [0.15, 0.2) is 0 Å². The normalized spacial score (nSPS) is 16.4. The molecule has 116 valence electrons. The number of hydrogen-bond donors (Lipinski definition) is 3. The fraction of sp³-hybridized carbons (Fsp3) is 0.467. The lowest BCUT2D eigenvalue weighted by molar-refractivity contribution is -0.126. The van der Waals surface area contributed by atoms with Crippen molar-refractivity contribution in [1.29, 1.82) is 0 Å². The number of para-hydroxylation sites is 1. The molecule has 5 nitrogen and oxygen atoms in total. The molecule has 0 spiro atoms. The van der Waals surface area contributed by atoms with E-state index in [9.17, 15) is 9.59 Å². The molecule has 0 aliphatic carbocycles. The molecule has 1 atom stereocenters. The zero-order valence-corrected chi connectivity index (χ0v) is 13.0. The van der Waals surface area contributed by atoms with Gasteiger partial charge in [-0.15, -0.1) is 12.4 Å². The van der Waals surface area contributed by atoms with Crippen molar-refractivity contribution in [3.8, 4) is 0 Å². The van der Waals surface area contributed by atoms with Crippen LogP contribution in [-0.2, 0) is 9.59 Å². The van der Waals surface area contributed by atoms with Gasteiger partial charge in [0, 0.05) is 25.2 Å². The van der Waals surface area contributed by atoms with Gasteiger partial charge < -0.3 is 16.0 Å². The van der Waals surface area contributed by atoms with Gasteiger partial charge in [0.25, 0.3) is 0 Å². The summed E-state index contributed by atoms with van der Waals surface area (Å²) in [6.07, 6.45) is 1.29. The molecular formula is C15H22ClN3O2. The van der Waals surface area contributed by atoms with E-state index >= 15 is 0 Å². The molecule has 1 aliphatic rings. The van der Waals surface area contributed by atoms with E-state index in [1.807, 2.05) is 24.3 Å². The highest BCUT2D eigenvalue weighted by molar-refractivity contribution is 6.01. The van der Waals surface area contributed by atoms with Crippen LogP contribution in [0.4, 0.5) is 5.69 Å². The molecule has 1 aromatic carbocycles. The molecule has 0 saturated carbocycles. The summed E-state index contributed by atoms with van der Waals surface area (Å²) in [5.74, 6) is -0.565. The lowest BCUT2D eigenvalue weighted by Gasteiger charge is -2.24. The van der Waals surface area contributed by atoms with Crippen LogP contribution in [0.15, 0.2) is 24.3 Å². The lowest BCUT2D eigenvalue weighted by Crippen LogP contribution is -2.38. The van der Waals surface area contributed by atoms with Gasteiger partial charge >= 0.3 is 0 Å². The molecule has 0 bridgehead atoms. The second-order valence-corrected chi connectivity index (χ2v) is 4.93. The number of fused-ring (bicyclic) bond motifs is 1. The standard InChI is InChI=1S/C15H21N3O2.ClH/c1-2-7-16-8-9-17-15(20)12-10-14(19)18-13-6-4-3-5-11(12)13;/h3-6,12,16H,2,7-10H2,1H3,(H,17,20)(H,18,19);1H. The van der Waals surface area contributed by atoms with E-state index in [1.165, 1.54) is 0 Å². The maximum absolute atomic E-state index is 12.2. The first kappa shape index (κ1) is 17.5. The van der Waals surface area contributed by atoms with Crippen molar-refractivity contribution in [2.45, 2.75) is 25.7 Å². The summed E-state index contributed by atoms with van der Waals surface area (Å²) in [6.45, 7) is 4.38. The second-order valence-electron chi connectivity index (χ2n) is 4.93. The Balaban J connectivity index is 0.00000220. The molecule has 1 aliphatic heterocycles. The van der Waals surface area contributed by atoms with Crippen LogP contribution in [0.3, 0.4) is 0 Å². The number of amides is 2. The number of halogens is 1. The monoisotopic (exact) mass is 311 g/mol. The van der Waals surface area contributed by atoms with E-state index in [0.29, 0.717) is 6.54 Å². The van der Waals surface area contributed by atoms with Crippen LogP contribution < -0.4 is 16.0 Å². The van der Waals surface area contributed by atoms with E-state index in [1.54, 1.807) is 0 Å². The zero-order chi connectivity index (χ0) is 14.4. The van der Waals surface area contributed by atoms with Crippen molar-refractivity contribution < 1.29 is 9.59 Å². The SMILES string of the molecule is CCCNCCNC(=O)C1CC(=O)Nc2ccccc21.Cl. The Hall–Kier alpha value is -1.59. The van der Waals surface area contributed by atoms with Gasteiger partial charge in [0.1, 0.15) is 0 Å². The Kier molecular flexibility index (Phi) is 7.19. The van der Waals surface area contributed by atoms with Crippen LogP contribution in [0.5, 0.6) is 0 Å².